The molecular formula is C18H20O2S. The van der Waals surface area contributed by atoms with Gasteiger partial charge in [-0.05, 0) is 35.2 Å². The molecule has 0 heterocycles. The zero-order chi connectivity index (χ0) is 15.2. The summed E-state index contributed by atoms with van der Waals surface area (Å²) in [6.07, 6.45) is 0. The molecule has 0 radical (unpaired) electrons. The molecule has 0 aliphatic heterocycles. The first kappa shape index (κ1) is 15.6. The maximum atomic E-state index is 11.7. The van der Waals surface area contributed by atoms with Crippen LogP contribution in [0.1, 0.15) is 41.3 Å². The maximum Gasteiger partial charge on any atom is 0.338 e. The van der Waals surface area contributed by atoms with Crippen LogP contribution in [-0.4, -0.2) is 13.1 Å². The molecule has 0 bridgehead atoms. The average Bonchev–Trinajstić information content (AvgIpc) is 2.52. The molecule has 0 saturated heterocycles. The first-order valence-corrected chi connectivity index (χ1v) is 7.99. The van der Waals surface area contributed by atoms with E-state index in [4.69, 9.17) is 4.74 Å². The molecule has 3 heteroatoms. The molecular weight excluding hydrogens is 280 g/mol. The van der Waals surface area contributed by atoms with Crippen LogP contribution in [0.25, 0.3) is 0 Å². The van der Waals surface area contributed by atoms with Crippen LogP contribution in [0.2, 0.25) is 0 Å². The second-order valence-corrected chi connectivity index (χ2v) is 6.21. The van der Waals surface area contributed by atoms with E-state index in [2.05, 4.69) is 38.1 Å². The Labute approximate surface area is 130 Å². The summed E-state index contributed by atoms with van der Waals surface area (Å²) in [5.74, 6) is 1.03. The molecule has 21 heavy (non-hydrogen) atoms. The first-order chi connectivity index (χ1) is 10.1. The van der Waals surface area contributed by atoms with E-state index in [1.54, 1.807) is 11.8 Å². The average molecular weight is 300 g/mol. The number of rotatable bonds is 5. The van der Waals surface area contributed by atoms with Gasteiger partial charge in [0.1, 0.15) is 0 Å². The Morgan fingerprint density at radius 2 is 1.76 bits per heavy atom. The lowest BCUT2D eigenvalue weighted by Crippen LogP contribution is -2.04. The zero-order valence-electron chi connectivity index (χ0n) is 12.6. The third kappa shape index (κ3) is 4.11. The number of methoxy groups -OCH3 is 1. The van der Waals surface area contributed by atoms with Crippen molar-refractivity contribution in [2.45, 2.75) is 30.4 Å². The third-order valence-corrected chi connectivity index (χ3v) is 4.42. The van der Waals surface area contributed by atoms with Crippen molar-refractivity contribution in [3.63, 3.8) is 0 Å². The predicted molar refractivity (Wildman–Crippen MR) is 87.9 cm³/mol. The molecule has 2 aromatic rings. The van der Waals surface area contributed by atoms with E-state index < -0.39 is 0 Å². The van der Waals surface area contributed by atoms with Gasteiger partial charge < -0.3 is 4.74 Å². The SMILES string of the molecule is COC(=O)c1ccccc1CSc1ccc(C(C)C)cc1. The number of carbonyl (C=O) groups excluding carboxylic acids is 1. The minimum atomic E-state index is -0.277. The van der Waals surface area contributed by atoms with Crippen LogP contribution in [0.3, 0.4) is 0 Å². The van der Waals surface area contributed by atoms with E-state index in [1.807, 2.05) is 24.3 Å². The highest BCUT2D eigenvalue weighted by Crippen LogP contribution is 2.26. The number of hydrogen-bond donors (Lipinski definition) is 0. The van der Waals surface area contributed by atoms with Gasteiger partial charge in [-0.25, -0.2) is 4.79 Å². The molecule has 2 nitrogen and oxygen atoms in total. The van der Waals surface area contributed by atoms with Gasteiger partial charge in [0.25, 0.3) is 0 Å². The number of hydrogen-bond acceptors (Lipinski definition) is 3. The van der Waals surface area contributed by atoms with Crippen LogP contribution in [0.5, 0.6) is 0 Å². The quantitative estimate of drug-likeness (QED) is 0.581. The van der Waals surface area contributed by atoms with Gasteiger partial charge in [-0.15, -0.1) is 11.8 Å². The van der Waals surface area contributed by atoms with Gasteiger partial charge in [-0.3, -0.25) is 0 Å². The van der Waals surface area contributed by atoms with E-state index >= 15 is 0 Å². The summed E-state index contributed by atoms with van der Waals surface area (Å²) in [6.45, 7) is 4.38. The van der Waals surface area contributed by atoms with Crippen LogP contribution in [0, 0.1) is 0 Å². The number of thioether (sulfide) groups is 1. The van der Waals surface area contributed by atoms with E-state index in [1.165, 1.54) is 17.6 Å². The second-order valence-electron chi connectivity index (χ2n) is 5.16. The van der Waals surface area contributed by atoms with Gasteiger partial charge >= 0.3 is 5.97 Å². The Morgan fingerprint density at radius 1 is 1.10 bits per heavy atom. The molecule has 0 spiro atoms. The van der Waals surface area contributed by atoms with Gasteiger partial charge in [0.05, 0.1) is 12.7 Å². The smallest absolute Gasteiger partial charge is 0.338 e. The number of benzene rings is 2. The molecule has 0 atom stereocenters. The van der Waals surface area contributed by atoms with Crippen molar-refractivity contribution in [2.24, 2.45) is 0 Å². The van der Waals surface area contributed by atoms with Gasteiger partial charge in [0.15, 0.2) is 0 Å². The third-order valence-electron chi connectivity index (χ3n) is 3.36. The van der Waals surface area contributed by atoms with Crippen LogP contribution in [-0.2, 0) is 10.5 Å². The predicted octanol–water partition coefficient (Wildman–Crippen LogP) is 4.89. The molecule has 0 aromatic heterocycles. The number of esters is 1. The standard InChI is InChI=1S/C18H20O2S/c1-13(2)14-8-10-16(11-9-14)21-12-15-6-4-5-7-17(15)18(19)20-3/h4-11,13H,12H2,1-3H3. The van der Waals surface area contributed by atoms with Crippen LogP contribution >= 0.6 is 11.8 Å². The minimum Gasteiger partial charge on any atom is -0.465 e. The topological polar surface area (TPSA) is 26.3 Å². The van der Waals surface area contributed by atoms with Gasteiger partial charge in [-0.2, -0.15) is 0 Å². The van der Waals surface area contributed by atoms with Crippen molar-refractivity contribution in [1.29, 1.82) is 0 Å². The van der Waals surface area contributed by atoms with E-state index in [-0.39, 0.29) is 5.97 Å². The summed E-state index contributed by atoms with van der Waals surface area (Å²) in [5, 5.41) is 0. The van der Waals surface area contributed by atoms with Crippen molar-refractivity contribution in [3.8, 4) is 0 Å². The van der Waals surface area contributed by atoms with Gasteiger partial charge in [-0.1, -0.05) is 44.2 Å². The fourth-order valence-electron chi connectivity index (χ4n) is 2.07. The van der Waals surface area contributed by atoms with Gasteiger partial charge in [0, 0.05) is 10.6 Å². The lowest BCUT2D eigenvalue weighted by Gasteiger charge is -2.09. The largest absolute Gasteiger partial charge is 0.465 e. The van der Waals surface area contributed by atoms with E-state index in [9.17, 15) is 4.79 Å². The fraction of sp³-hybridized carbons (Fsp3) is 0.278. The monoisotopic (exact) mass is 300 g/mol. The summed E-state index contributed by atoms with van der Waals surface area (Å²) in [5.41, 5.74) is 2.99. The van der Waals surface area contributed by atoms with Gasteiger partial charge in [0.2, 0.25) is 0 Å². The van der Waals surface area contributed by atoms with Crippen molar-refractivity contribution in [2.75, 3.05) is 7.11 Å². The normalized spacial score (nSPS) is 10.7. The Bertz CT molecular complexity index is 603. The molecule has 0 amide bonds. The Balaban J connectivity index is 2.08. The van der Waals surface area contributed by atoms with Crippen molar-refractivity contribution < 1.29 is 9.53 Å². The lowest BCUT2D eigenvalue weighted by molar-refractivity contribution is 0.0600. The molecule has 0 fully saturated rings. The summed E-state index contributed by atoms with van der Waals surface area (Å²) < 4.78 is 4.82. The highest BCUT2D eigenvalue weighted by molar-refractivity contribution is 7.98. The van der Waals surface area contributed by atoms with E-state index in [0.717, 1.165) is 11.3 Å². The summed E-state index contributed by atoms with van der Waals surface area (Å²) >= 11 is 1.73. The number of carbonyl (C=O) groups is 1. The molecule has 2 aromatic carbocycles. The van der Waals surface area contributed by atoms with Crippen molar-refractivity contribution in [3.05, 3.63) is 65.2 Å². The van der Waals surface area contributed by atoms with Crippen molar-refractivity contribution >= 4 is 17.7 Å². The second kappa shape index (κ2) is 7.32. The zero-order valence-corrected chi connectivity index (χ0v) is 13.4. The highest BCUT2D eigenvalue weighted by Gasteiger charge is 2.11. The van der Waals surface area contributed by atoms with E-state index in [0.29, 0.717) is 11.5 Å². The highest BCUT2D eigenvalue weighted by atomic mass is 32.2. The maximum absolute atomic E-state index is 11.7. The molecule has 0 aliphatic carbocycles. The Morgan fingerprint density at radius 3 is 2.38 bits per heavy atom. The Hall–Kier alpha value is -1.74. The molecule has 2 rings (SSSR count). The summed E-state index contributed by atoms with van der Waals surface area (Å²) in [6, 6.07) is 16.2. The number of ether oxygens (including phenoxy) is 1. The first-order valence-electron chi connectivity index (χ1n) is 7.00. The lowest BCUT2D eigenvalue weighted by atomic mass is 10.0. The van der Waals surface area contributed by atoms with Crippen LogP contribution in [0.15, 0.2) is 53.4 Å². The molecule has 0 aliphatic rings. The molecule has 110 valence electrons. The minimum absolute atomic E-state index is 0.277. The fourth-order valence-corrected chi connectivity index (χ4v) is 2.97. The molecule has 0 unspecified atom stereocenters. The Kier molecular flexibility index (Phi) is 5.45. The summed E-state index contributed by atoms with van der Waals surface area (Å²) in [4.78, 5) is 12.9. The summed E-state index contributed by atoms with van der Waals surface area (Å²) in [7, 11) is 1.41. The molecule has 0 N–H and O–H groups in total. The van der Waals surface area contributed by atoms with Crippen LogP contribution < -0.4 is 0 Å². The van der Waals surface area contributed by atoms with Crippen LogP contribution in [0.4, 0.5) is 0 Å². The van der Waals surface area contributed by atoms with Crippen molar-refractivity contribution in [1.82, 2.24) is 0 Å². The molecule has 0 saturated carbocycles.